The third kappa shape index (κ3) is 36.4. The van der Waals surface area contributed by atoms with E-state index in [1.165, 1.54) is 68.8 Å². The molecule has 0 atom stereocenters. The van der Waals surface area contributed by atoms with E-state index < -0.39 is 23.0 Å². The summed E-state index contributed by atoms with van der Waals surface area (Å²) in [6.45, 7) is 6.86. The molecular weight excluding hydrogens is 2050 g/mol. The van der Waals surface area contributed by atoms with Gasteiger partial charge in [-0.3, -0.25) is 58.1 Å². The van der Waals surface area contributed by atoms with Crippen LogP contribution in [0, 0.1) is 24.4 Å². The predicted molar refractivity (Wildman–Crippen MR) is 508 cm³/mol. The number of aldehydes is 5. The van der Waals surface area contributed by atoms with Gasteiger partial charge in [0.05, 0.1) is 79.5 Å². The number of hydrogen-bond donors (Lipinski definition) is 0. The number of carbonyl (C=O) groups is 6. The first-order valence-electron chi connectivity index (χ1n) is 35.2. The van der Waals surface area contributed by atoms with E-state index >= 15 is 0 Å². The Morgan fingerprint density at radius 3 is 1.13 bits per heavy atom. The maximum atomic E-state index is 13.0. The molecule has 0 aliphatic heterocycles. The summed E-state index contributed by atoms with van der Waals surface area (Å²) in [5, 5.41) is 12.9. The SMILES string of the molecule is C.C.CCC.COc1cc(-c2cn(C)c(=O)c3cnccc23)cc(SC)c1C=O.COc1cc(-c2cn(C)c(=O)c3cnccc23)cc(SC)c1CN(C)C.COc1cc(Br)cc(F)c1C=O.COc1cc(Br)cc(SC)c1C=O.COc1cc(C)cc(SC)c1C=O.C[S-].Cn1cc(Br)c2ccncc2c1=O.O=CO[O-].O=Cc1c(F)cc(Br)cc1F.[H-].[K+].[K+].[Na+]. The molecule has 0 aliphatic rings. The molecule has 0 bridgehead atoms. The van der Waals surface area contributed by atoms with Crippen LogP contribution in [0.3, 0.4) is 0 Å². The summed E-state index contributed by atoms with van der Waals surface area (Å²) < 4.78 is 71.6. The van der Waals surface area contributed by atoms with Gasteiger partial charge in [-0.2, -0.15) is 6.26 Å². The Labute approximate surface area is 897 Å². The Morgan fingerprint density at radius 1 is 0.460 bits per heavy atom. The number of nitrogens with zero attached hydrogens (tertiary/aromatic N) is 7. The number of methoxy groups -OCH3 is 5. The molecule has 0 unspecified atom stereocenters. The Hall–Kier alpha value is -5.13. The molecule has 38 heteroatoms. The number of hydrogen-bond acceptors (Lipinski definition) is 25. The molecule has 6 heterocycles. The van der Waals surface area contributed by atoms with Gasteiger partial charge in [0.15, 0.2) is 31.4 Å². The molecule has 6 aromatic heterocycles. The minimum atomic E-state index is -0.855. The van der Waals surface area contributed by atoms with Crippen molar-refractivity contribution in [2.75, 3.05) is 80.9 Å². The van der Waals surface area contributed by atoms with Crippen LogP contribution in [0.2, 0.25) is 0 Å². The van der Waals surface area contributed by atoms with Gasteiger partial charge in [0.25, 0.3) is 23.2 Å². The third-order valence-corrected chi connectivity index (χ3v) is 21.4. The molecule has 0 saturated heterocycles. The summed E-state index contributed by atoms with van der Waals surface area (Å²) in [5.74, 6) is 0.569. The summed E-state index contributed by atoms with van der Waals surface area (Å²) in [4.78, 5) is 119. The van der Waals surface area contributed by atoms with Crippen molar-refractivity contribution >= 4 is 194 Å². The van der Waals surface area contributed by atoms with Crippen molar-refractivity contribution in [2.24, 2.45) is 21.1 Å². The van der Waals surface area contributed by atoms with Crippen molar-refractivity contribution in [2.45, 2.75) is 68.2 Å². The molecule has 12 aromatic rings. The molecular formula is C88H97Br4F3K2N7NaO16S5. The Kier molecular flexibility index (Phi) is 65.8. The van der Waals surface area contributed by atoms with Gasteiger partial charge in [0.2, 0.25) is 0 Å². The summed E-state index contributed by atoms with van der Waals surface area (Å²) in [6.07, 6.45) is 29.0. The molecule has 23 nitrogen and oxygen atoms in total. The van der Waals surface area contributed by atoms with Gasteiger partial charge in [0, 0.05) is 143 Å². The van der Waals surface area contributed by atoms with Gasteiger partial charge in [-0.05, 0) is 180 Å². The normalized spacial score (nSPS) is 9.62. The number of fused-ring (bicyclic) bond motifs is 3. The van der Waals surface area contributed by atoms with Crippen molar-refractivity contribution in [3.05, 3.63) is 252 Å². The topological polar surface area (TPSA) is 289 Å². The van der Waals surface area contributed by atoms with E-state index in [1.807, 2.05) is 94.5 Å². The predicted octanol–water partition coefficient (Wildman–Crippen LogP) is 11.1. The number of benzene rings is 6. The van der Waals surface area contributed by atoms with Crippen LogP contribution in [0.1, 0.15) is 99.5 Å². The second-order valence-corrected chi connectivity index (χ2v) is 31.5. The van der Waals surface area contributed by atoms with E-state index in [0.717, 1.165) is 111 Å². The molecule has 126 heavy (non-hydrogen) atoms. The standard InChI is InChI=1S/C20H23N3O2S.C18H16N2O3S.C10H12O2S.C9H7BrN2O.C9H9BrO2S.C8H6BrFO2.C7H3BrF2O.C3H8.CH2O3.CH4S.2CH4.2K.Na.H/c1-22(2)11-17-18(25-4)8-13(9-19(17)26-5)16-12-23(3)20(24)15-10-21-7-6-14(15)16;1-20-9-14(12-4-5-19-8-13(12)18(20)22)11-6-16(23-2)15(10-21)17(7-11)24-3;1-7-4-9(12-2)8(6-11)10(5-7)13-3;1-12-5-8(10)6-2-3-11-4-7(6)9(12)13;1-12-8-3-6(10)4-9(13-2)7(8)5-11;1-12-8-3-5(9)2-7(10)6(8)4-11;8-4-1-6(9)5(3-11)7(10)2-4;1-3-2;2-1-4-3;1-2;;;;;;/h6-10,12H,11H2,1-5H3;4-10H,1-3H3;4-6H,1-3H3;2-5H,1H3;3-5H,1-2H3;2-4H,1H3;1-3H;3H2,1-2H3;1,3H;2H,1H3;2*1H4;;;;/q;;;;;;;;;;;;3*+1;-1/p-2. The van der Waals surface area contributed by atoms with Crippen molar-refractivity contribution in [3.8, 4) is 51.0 Å². The van der Waals surface area contributed by atoms with Crippen molar-refractivity contribution in [1.29, 1.82) is 0 Å². The molecule has 0 saturated carbocycles. The van der Waals surface area contributed by atoms with E-state index in [2.05, 4.69) is 133 Å². The number of carbonyl (C=O) groups excluding carboxylic acids is 6. The second-order valence-electron chi connectivity index (χ2n) is 24.5. The van der Waals surface area contributed by atoms with E-state index in [-0.39, 0.29) is 194 Å². The molecule has 662 valence electrons. The minimum Gasteiger partial charge on any atom is -1.00 e. The van der Waals surface area contributed by atoms with Gasteiger partial charge < -0.3 is 66.5 Å². The monoisotopic (exact) mass is 2140 g/mol. The van der Waals surface area contributed by atoms with Crippen LogP contribution in [-0.2, 0) is 50.0 Å². The number of aromatic nitrogens is 6. The number of aryl methyl sites for hydroxylation is 4. The molecule has 0 radical (unpaired) electrons. The molecule has 12 rings (SSSR count). The van der Waals surface area contributed by atoms with E-state index in [9.17, 15) is 51.5 Å². The number of rotatable bonds is 19. The summed E-state index contributed by atoms with van der Waals surface area (Å²) >= 11 is 23.0. The fourth-order valence-electron chi connectivity index (χ4n) is 10.9. The largest absolute Gasteiger partial charge is 1.00 e. The van der Waals surface area contributed by atoms with Crippen LogP contribution >= 0.6 is 111 Å². The number of ether oxygens (including phenoxy) is 5. The summed E-state index contributed by atoms with van der Waals surface area (Å²) in [5.41, 5.74) is 7.10. The van der Waals surface area contributed by atoms with E-state index in [0.29, 0.717) is 60.9 Å². The Morgan fingerprint density at radius 2 is 0.762 bits per heavy atom. The van der Waals surface area contributed by atoms with Gasteiger partial charge in [-0.25, -0.2) is 13.2 Å². The molecule has 0 spiro atoms. The zero-order chi connectivity index (χ0) is 90.9. The quantitative estimate of drug-likeness (QED) is 0.0181. The Balaban J connectivity index is -0.000000694. The molecule has 6 aromatic carbocycles. The average Bonchev–Trinajstić information content (AvgIpc) is 0.771. The van der Waals surface area contributed by atoms with Crippen LogP contribution in [0.15, 0.2) is 199 Å². The van der Waals surface area contributed by atoms with Crippen LogP contribution in [-0.4, -0.2) is 152 Å². The van der Waals surface area contributed by atoms with Crippen LogP contribution in [0.4, 0.5) is 13.2 Å². The van der Waals surface area contributed by atoms with Crippen molar-refractivity contribution in [3.63, 3.8) is 0 Å². The molecule has 0 fully saturated rings. The smallest absolute Gasteiger partial charge is 1.00 e. The van der Waals surface area contributed by atoms with Gasteiger partial charge >= 0.3 is 132 Å². The zero-order valence-corrected chi connectivity index (χ0v) is 90.8. The maximum absolute atomic E-state index is 13.0. The van der Waals surface area contributed by atoms with Crippen LogP contribution in [0.25, 0.3) is 54.6 Å². The third-order valence-electron chi connectivity index (χ3n) is 16.3. The summed E-state index contributed by atoms with van der Waals surface area (Å²) in [6, 6.07) is 25.9. The minimum absolute atomic E-state index is 0. The van der Waals surface area contributed by atoms with E-state index in [1.54, 1.807) is 140 Å². The fraction of sp³-hybridized carbons (Fsp3) is 0.250. The first kappa shape index (κ1) is 125. The second kappa shape index (κ2) is 66.3. The molecule has 0 amide bonds. The van der Waals surface area contributed by atoms with Crippen LogP contribution in [0.5, 0.6) is 28.7 Å². The number of pyridine rings is 6. The van der Waals surface area contributed by atoms with Gasteiger partial charge in [0.1, 0.15) is 46.2 Å². The van der Waals surface area contributed by atoms with Crippen LogP contribution < -0.4 is 178 Å². The first-order valence-corrected chi connectivity index (χ1v) is 44.1. The zero-order valence-electron chi connectivity index (χ0n) is 73.1. The van der Waals surface area contributed by atoms with Crippen molar-refractivity contribution in [1.82, 2.24) is 33.6 Å². The Bertz CT molecular complexity index is 5580. The van der Waals surface area contributed by atoms with Gasteiger partial charge in [-0.15, -0.1) is 47.0 Å². The maximum Gasteiger partial charge on any atom is 1.00 e. The van der Waals surface area contributed by atoms with Crippen molar-refractivity contribution < 1.29 is 210 Å². The van der Waals surface area contributed by atoms with E-state index in [4.69, 9.17) is 33.7 Å². The molecule has 0 N–H and O–H groups in total. The average molecular weight is 2150 g/mol. The number of halogens is 7. The van der Waals surface area contributed by atoms with Gasteiger partial charge in [-0.1, -0.05) is 82.9 Å². The number of thioether (sulfide) groups is 4. The fourth-order valence-corrected chi connectivity index (χ4v) is 15.5. The first-order chi connectivity index (χ1) is 57.9. The summed E-state index contributed by atoms with van der Waals surface area (Å²) in [7, 11) is 17.1. The molecule has 0 aliphatic carbocycles.